The molecule has 1 heterocycles. The number of rotatable bonds is 9. The van der Waals surface area contributed by atoms with Crippen molar-refractivity contribution in [2.45, 2.75) is 45.4 Å². The molecule has 1 aliphatic rings. The predicted octanol–water partition coefficient (Wildman–Crippen LogP) is 3.44. The lowest BCUT2D eigenvalue weighted by atomic mass is 9.85. The zero-order chi connectivity index (χ0) is 28.1. The number of esters is 2. The zero-order valence-electron chi connectivity index (χ0n) is 20.2. The van der Waals surface area contributed by atoms with Crippen LogP contribution in [0.25, 0.3) is 6.08 Å². The number of hydrogen-bond acceptors (Lipinski definition) is 9. The minimum absolute atomic E-state index is 0.120. The number of carbonyl (C=O) groups is 3. The minimum Gasteiger partial charge on any atom is -0.475 e. The van der Waals surface area contributed by atoms with Crippen molar-refractivity contribution in [1.82, 2.24) is 4.90 Å². The lowest BCUT2D eigenvalue weighted by Crippen LogP contribution is -2.41. The van der Waals surface area contributed by atoms with Crippen molar-refractivity contribution in [2.75, 3.05) is 26.5 Å². The van der Waals surface area contributed by atoms with E-state index >= 15 is 0 Å². The third-order valence-corrected chi connectivity index (χ3v) is 5.32. The lowest BCUT2D eigenvalue weighted by molar-refractivity contribution is -0.757. The Morgan fingerprint density at radius 1 is 1.19 bits per heavy atom. The lowest BCUT2D eigenvalue weighted by Gasteiger charge is -2.30. The van der Waals surface area contributed by atoms with E-state index in [0.717, 1.165) is 17.9 Å². The smallest absolute Gasteiger partial charge is 0.430 e. The van der Waals surface area contributed by atoms with Crippen molar-refractivity contribution in [3.63, 3.8) is 0 Å². The fraction of sp³-hybridized carbons (Fsp3) is 0.500. The first-order chi connectivity index (χ1) is 17.0. The summed E-state index contributed by atoms with van der Waals surface area (Å²) in [6, 6.07) is 2.75. The molecule has 11 nitrogen and oxygen atoms in total. The van der Waals surface area contributed by atoms with Gasteiger partial charge in [0.15, 0.2) is 0 Å². The highest BCUT2D eigenvalue weighted by Crippen LogP contribution is 2.42. The number of benzene rings is 1. The predicted molar refractivity (Wildman–Crippen MR) is 121 cm³/mol. The molecule has 204 valence electrons. The topological polar surface area (TPSA) is 135 Å². The van der Waals surface area contributed by atoms with E-state index in [9.17, 15) is 37.7 Å². The van der Waals surface area contributed by atoms with Crippen LogP contribution in [0.4, 0.5) is 13.2 Å². The number of alkyl halides is 3. The summed E-state index contributed by atoms with van der Waals surface area (Å²) in [5, 5.41) is 9.36. The molecule has 15 heteroatoms. The van der Waals surface area contributed by atoms with Gasteiger partial charge in [-0.1, -0.05) is 32.4 Å². The first-order valence-corrected chi connectivity index (χ1v) is 11.0. The van der Waals surface area contributed by atoms with E-state index in [1.807, 2.05) is 20.8 Å². The van der Waals surface area contributed by atoms with Crippen molar-refractivity contribution in [1.29, 1.82) is 0 Å². The SMILES string of the molecule is CC(=O)N(CCO[N+](=O)[O-])CC(=O)OCOC(=O)C1=Cc2cc(Cl)c(C(C)(C)C)cc2O[C@@H]1C(F)(F)F. The Labute approximate surface area is 214 Å². The number of carbonyl (C=O) groups excluding carboxylic acids is 3. The van der Waals surface area contributed by atoms with E-state index in [1.54, 1.807) is 0 Å². The zero-order valence-corrected chi connectivity index (χ0v) is 21.0. The summed E-state index contributed by atoms with van der Waals surface area (Å²) in [6.45, 7) is 3.98. The number of fused-ring (bicyclic) bond motifs is 1. The Balaban J connectivity index is 2.11. The van der Waals surface area contributed by atoms with Crippen LogP contribution in [0.3, 0.4) is 0 Å². The highest BCUT2D eigenvalue weighted by Gasteiger charge is 2.49. The monoisotopic (exact) mass is 552 g/mol. The van der Waals surface area contributed by atoms with Gasteiger partial charge in [0, 0.05) is 24.1 Å². The molecule has 0 saturated carbocycles. The Hall–Kier alpha value is -3.55. The molecule has 2 rings (SSSR count). The van der Waals surface area contributed by atoms with E-state index in [4.69, 9.17) is 16.3 Å². The summed E-state index contributed by atoms with van der Waals surface area (Å²) >= 11 is 6.28. The molecule has 0 saturated heterocycles. The number of ether oxygens (including phenoxy) is 3. The van der Waals surface area contributed by atoms with Gasteiger partial charge in [-0.05, 0) is 29.2 Å². The fourth-order valence-electron chi connectivity index (χ4n) is 3.21. The third kappa shape index (κ3) is 8.23. The van der Waals surface area contributed by atoms with Gasteiger partial charge >= 0.3 is 18.1 Å². The van der Waals surface area contributed by atoms with E-state index in [1.165, 1.54) is 12.1 Å². The summed E-state index contributed by atoms with van der Waals surface area (Å²) < 4.78 is 55.6. The maximum Gasteiger partial charge on any atom is 0.430 e. The normalized spacial score (nSPS) is 15.0. The highest BCUT2D eigenvalue weighted by atomic mass is 35.5. The van der Waals surface area contributed by atoms with Crippen LogP contribution in [0.15, 0.2) is 17.7 Å². The van der Waals surface area contributed by atoms with Crippen LogP contribution in [-0.4, -0.2) is 66.6 Å². The van der Waals surface area contributed by atoms with Crippen molar-refractivity contribution in [3.05, 3.63) is 44.0 Å². The Morgan fingerprint density at radius 3 is 2.38 bits per heavy atom. The average Bonchev–Trinajstić information content (AvgIpc) is 2.75. The van der Waals surface area contributed by atoms with Gasteiger partial charge in [0.2, 0.25) is 18.8 Å². The van der Waals surface area contributed by atoms with Gasteiger partial charge in [-0.25, -0.2) is 4.79 Å². The molecule has 0 bridgehead atoms. The van der Waals surface area contributed by atoms with Crippen LogP contribution in [0.2, 0.25) is 5.02 Å². The van der Waals surface area contributed by atoms with Gasteiger partial charge < -0.3 is 23.9 Å². The van der Waals surface area contributed by atoms with E-state index in [0.29, 0.717) is 5.56 Å². The fourth-order valence-corrected chi connectivity index (χ4v) is 3.66. The molecule has 1 aromatic carbocycles. The molecular weight excluding hydrogens is 529 g/mol. The maximum atomic E-state index is 13.7. The van der Waals surface area contributed by atoms with Crippen LogP contribution >= 0.6 is 11.6 Å². The summed E-state index contributed by atoms with van der Waals surface area (Å²) in [7, 11) is 0. The van der Waals surface area contributed by atoms with Crippen molar-refractivity contribution in [3.8, 4) is 5.75 Å². The molecule has 1 atom stereocenters. The molecule has 37 heavy (non-hydrogen) atoms. The number of nitrogens with zero attached hydrogens (tertiary/aromatic N) is 2. The van der Waals surface area contributed by atoms with Gasteiger partial charge in [0.1, 0.15) is 18.9 Å². The minimum atomic E-state index is -4.98. The summed E-state index contributed by atoms with van der Waals surface area (Å²) in [6.07, 6.45) is -6.69. The van der Waals surface area contributed by atoms with Gasteiger partial charge in [-0.3, -0.25) is 9.59 Å². The summed E-state index contributed by atoms with van der Waals surface area (Å²) in [5.74, 6) is -3.30. The molecule has 0 unspecified atom stereocenters. The van der Waals surface area contributed by atoms with Crippen LogP contribution in [0.5, 0.6) is 5.75 Å². The standard InChI is InChI=1S/C22H24ClF3N2O9/c1-12(29)27(5-6-36-28(32)33)10-18(30)34-11-35-20(31)14-7-13-8-16(23)15(21(2,3)4)9-17(13)37-19(14)22(24,25)26/h7-9,19H,5-6,10-11H2,1-4H3/t19-/m0/s1. The van der Waals surface area contributed by atoms with Gasteiger partial charge in [-0.2, -0.15) is 13.2 Å². The van der Waals surface area contributed by atoms with Crippen LogP contribution in [-0.2, 0) is 34.1 Å². The molecule has 0 aliphatic carbocycles. The molecular formula is C22H24ClF3N2O9. The van der Waals surface area contributed by atoms with Gasteiger partial charge in [0.25, 0.3) is 5.09 Å². The van der Waals surface area contributed by atoms with Crippen LogP contribution in [0.1, 0.15) is 38.8 Å². The molecule has 0 fully saturated rings. The van der Waals surface area contributed by atoms with Crippen LogP contribution < -0.4 is 4.74 Å². The average molecular weight is 553 g/mol. The van der Waals surface area contributed by atoms with Crippen molar-refractivity contribution in [2.24, 2.45) is 0 Å². The van der Waals surface area contributed by atoms with Crippen molar-refractivity contribution < 1.29 is 51.7 Å². The molecule has 0 N–H and O–H groups in total. The number of halogens is 4. The molecule has 1 aromatic rings. The molecule has 0 radical (unpaired) electrons. The summed E-state index contributed by atoms with van der Waals surface area (Å²) in [5.41, 5.74) is -0.716. The second-order valence-electron chi connectivity index (χ2n) is 8.82. The Kier molecular flexibility index (Phi) is 9.36. The van der Waals surface area contributed by atoms with E-state index < -0.39 is 66.1 Å². The molecule has 0 aromatic heterocycles. The maximum absolute atomic E-state index is 13.7. The first kappa shape index (κ1) is 29.7. The van der Waals surface area contributed by atoms with Gasteiger partial charge in [0.05, 0.1) is 5.57 Å². The van der Waals surface area contributed by atoms with E-state index in [2.05, 4.69) is 14.3 Å². The largest absolute Gasteiger partial charge is 0.475 e. The summed E-state index contributed by atoms with van der Waals surface area (Å²) in [4.78, 5) is 51.0. The molecule has 1 aliphatic heterocycles. The van der Waals surface area contributed by atoms with Crippen LogP contribution in [0, 0.1) is 10.1 Å². The van der Waals surface area contributed by atoms with Crippen molar-refractivity contribution >= 4 is 35.5 Å². The Bertz CT molecular complexity index is 1100. The quantitative estimate of drug-likeness (QED) is 0.195. The number of hydrogen-bond donors (Lipinski definition) is 0. The molecule has 1 amide bonds. The molecule has 0 spiro atoms. The number of amides is 1. The second kappa shape index (κ2) is 11.7. The highest BCUT2D eigenvalue weighted by molar-refractivity contribution is 6.31. The first-order valence-electron chi connectivity index (χ1n) is 10.6. The second-order valence-corrected chi connectivity index (χ2v) is 9.23. The third-order valence-electron chi connectivity index (χ3n) is 5.01. The van der Waals surface area contributed by atoms with Gasteiger partial charge in [-0.15, -0.1) is 10.1 Å². The van der Waals surface area contributed by atoms with E-state index in [-0.39, 0.29) is 22.9 Å². The Morgan fingerprint density at radius 2 is 1.84 bits per heavy atom.